The maximum Gasteiger partial charge on any atom is 0.291 e. The molecule has 2 aliphatic rings. The van der Waals surface area contributed by atoms with Gasteiger partial charge in [0.2, 0.25) is 0 Å². The van der Waals surface area contributed by atoms with Gasteiger partial charge < -0.3 is 19.9 Å². The lowest BCUT2D eigenvalue weighted by atomic mass is 10.1. The van der Waals surface area contributed by atoms with Crippen LogP contribution in [0.15, 0.2) is 72.5 Å². The van der Waals surface area contributed by atoms with Crippen molar-refractivity contribution in [2.75, 3.05) is 36.4 Å². The van der Waals surface area contributed by atoms with Gasteiger partial charge in [0.15, 0.2) is 11.5 Å². The van der Waals surface area contributed by atoms with Crippen LogP contribution in [0, 0.1) is 6.92 Å². The molecule has 7 heteroatoms. The molecule has 1 fully saturated rings. The number of hydrogen-bond acceptors (Lipinski definition) is 4. The highest BCUT2D eigenvalue weighted by Crippen LogP contribution is 2.33. The van der Waals surface area contributed by atoms with Gasteiger partial charge in [-0.15, -0.1) is 0 Å². The molecule has 1 N–H and O–H groups in total. The molecule has 0 unspecified atom stereocenters. The number of amides is 2. The summed E-state index contributed by atoms with van der Waals surface area (Å²) in [6, 6.07) is 20.5. The van der Waals surface area contributed by atoms with E-state index in [1.54, 1.807) is 24.3 Å². The van der Waals surface area contributed by atoms with E-state index in [0.29, 0.717) is 35.1 Å². The predicted octanol–water partition coefficient (Wildman–Crippen LogP) is 4.98. The zero-order valence-corrected chi connectivity index (χ0v) is 19.5. The molecule has 0 bridgehead atoms. The number of nitrogens with zero attached hydrogens (tertiary/aromatic N) is 2. The summed E-state index contributed by atoms with van der Waals surface area (Å²) < 4.78 is 5.82. The molecule has 6 nitrogen and oxygen atoms in total. The van der Waals surface area contributed by atoms with Crippen molar-refractivity contribution >= 4 is 40.9 Å². The molecule has 2 amide bonds. The van der Waals surface area contributed by atoms with Crippen LogP contribution in [0.4, 0.5) is 11.4 Å². The number of nitrogens with one attached hydrogen (secondary N) is 1. The Morgan fingerprint density at radius 2 is 1.76 bits per heavy atom. The third-order valence-corrected chi connectivity index (χ3v) is 6.33. The number of hydrogen-bond donors (Lipinski definition) is 1. The van der Waals surface area contributed by atoms with Crippen LogP contribution in [0.25, 0.3) is 6.08 Å². The molecular formula is C27H24ClN3O3. The molecule has 2 aliphatic heterocycles. The Morgan fingerprint density at radius 3 is 2.53 bits per heavy atom. The molecular weight excluding hydrogens is 450 g/mol. The molecule has 1 saturated heterocycles. The highest BCUT2D eigenvalue weighted by Gasteiger charge is 2.26. The molecule has 0 radical (unpaired) electrons. The first kappa shape index (κ1) is 22.0. The number of fused-ring (bicyclic) bond motifs is 1. The van der Waals surface area contributed by atoms with Crippen LogP contribution in [0.2, 0.25) is 5.02 Å². The highest BCUT2D eigenvalue weighted by molar-refractivity contribution is 6.30. The van der Waals surface area contributed by atoms with Gasteiger partial charge in [0, 0.05) is 42.5 Å². The van der Waals surface area contributed by atoms with E-state index in [-0.39, 0.29) is 17.6 Å². The van der Waals surface area contributed by atoms with E-state index < -0.39 is 0 Å². The summed E-state index contributed by atoms with van der Waals surface area (Å²) >= 11 is 6.18. The standard InChI is InChI=1S/C27H24ClN3O3/c1-18-7-9-21(28)17-23(18)30-11-13-31(14-12-30)27(33)20-8-10-24-22(16-20)29-26(32)25(34-24)15-19-5-3-2-4-6-19/h2-10,15-17H,11-14H2,1H3,(H,29,32). The van der Waals surface area contributed by atoms with Gasteiger partial charge in [-0.2, -0.15) is 0 Å². The monoisotopic (exact) mass is 473 g/mol. The summed E-state index contributed by atoms with van der Waals surface area (Å²) in [5.41, 5.74) is 4.15. The van der Waals surface area contributed by atoms with Crippen LogP contribution in [0.5, 0.6) is 5.75 Å². The Bertz CT molecular complexity index is 1280. The number of aryl methyl sites for hydroxylation is 1. The number of anilines is 2. The van der Waals surface area contributed by atoms with Gasteiger partial charge in [-0.1, -0.05) is 48.0 Å². The maximum absolute atomic E-state index is 13.2. The smallest absolute Gasteiger partial charge is 0.291 e. The maximum atomic E-state index is 13.2. The van der Waals surface area contributed by atoms with Crippen molar-refractivity contribution in [3.05, 3.63) is 94.2 Å². The Balaban J connectivity index is 1.27. The Labute approximate surface area is 203 Å². The fraction of sp³-hybridized carbons (Fsp3) is 0.185. The third kappa shape index (κ3) is 4.50. The lowest BCUT2D eigenvalue weighted by Crippen LogP contribution is -2.49. The molecule has 0 atom stereocenters. The minimum atomic E-state index is -0.341. The zero-order chi connectivity index (χ0) is 23.7. The van der Waals surface area contributed by atoms with E-state index >= 15 is 0 Å². The zero-order valence-electron chi connectivity index (χ0n) is 18.8. The molecule has 0 saturated carbocycles. The summed E-state index contributed by atoms with van der Waals surface area (Å²) in [5.74, 6) is 0.321. The largest absolute Gasteiger partial charge is 0.449 e. The van der Waals surface area contributed by atoms with Crippen LogP contribution in [0.1, 0.15) is 21.5 Å². The second-order valence-electron chi connectivity index (χ2n) is 8.40. The van der Waals surface area contributed by atoms with E-state index in [4.69, 9.17) is 16.3 Å². The van der Waals surface area contributed by atoms with Gasteiger partial charge in [0.1, 0.15) is 0 Å². The fourth-order valence-electron chi connectivity index (χ4n) is 4.25. The summed E-state index contributed by atoms with van der Waals surface area (Å²) in [7, 11) is 0. The molecule has 0 spiro atoms. The van der Waals surface area contributed by atoms with E-state index in [1.807, 2.05) is 53.4 Å². The van der Waals surface area contributed by atoms with Crippen molar-refractivity contribution in [3.63, 3.8) is 0 Å². The van der Waals surface area contributed by atoms with Crippen molar-refractivity contribution in [1.29, 1.82) is 0 Å². The summed E-state index contributed by atoms with van der Waals surface area (Å²) in [5, 5.41) is 3.55. The average molecular weight is 474 g/mol. The van der Waals surface area contributed by atoms with Gasteiger partial charge in [-0.25, -0.2) is 0 Å². The first-order valence-corrected chi connectivity index (χ1v) is 11.6. The number of carbonyl (C=O) groups excluding carboxylic acids is 2. The summed E-state index contributed by atoms with van der Waals surface area (Å²) in [4.78, 5) is 29.8. The molecule has 0 aliphatic carbocycles. The second kappa shape index (κ2) is 9.23. The van der Waals surface area contributed by atoms with Crippen LogP contribution >= 0.6 is 11.6 Å². The number of piperazine rings is 1. The fourth-order valence-corrected chi connectivity index (χ4v) is 4.42. The van der Waals surface area contributed by atoms with Gasteiger partial charge in [0.25, 0.3) is 11.8 Å². The minimum Gasteiger partial charge on any atom is -0.449 e. The number of carbonyl (C=O) groups is 2. The summed E-state index contributed by atoms with van der Waals surface area (Å²) in [6.45, 7) is 4.73. The lowest BCUT2D eigenvalue weighted by molar-refractivity contribution is -0.115. The molecule has 5 rings (SSSR count). The number of benzene rings is 3. The highest BCUT2D eigenvalue weighted by atomic mass is 35.5. The van der Waals surface area contributed by atoms with Gasteiger partial charge in [0.05, 0.1) is 5.69 Å². The molecule has 2 heterocycles. The third-order valence-electron chi connectivity index (χ3n) is 6.09. The van der Waals surface area contributed by atoms with Crippen molar-refractivity contribution in [1.82, 2.24) is 4.90 Å². The molecule has 0 aromatic heterocycles. The van der Waals surface area contributed by atoms with Crippen LogP contribution in [-0.4, -0.2) is 42.9 Å². The van der Waals surface area contributed by atoms with E-state index in [9.17, 15) is 9.59 Å². The minimum absolute atomic E-state index is 0.0647. The molecule has 34 heavy (non-hydrogen) atoms. The first-order valence-electron chi connectivity index (χ1n) is 11.2. The van der Waals surface area contributed by atoms with Gasteiger partial charge in [-0.05, 0) is 54.5 Å². The van der Waals surface area contributed by atoms with Crippen LogP contribution < -0.4 is 15.0 Å². The number of ether oxygens (including phenoxy) is 1. The Hall–Kier alpha value is -3.77. The topological polar surface area (TPSA) is 61.9 Å². The van der Waals surface area contributed by atoms with E-state index in [2.05, 4.69) is 17.1 Å². The Kier molecular flexibility index (Phi) is 5.99. The van der Waals surface area contributed by atoms with Crippen LogP contribution in [-0.2, 0) is 4.79 Å². The lowest BCUT2D eigenvalue weighted by Gasteiger charge is -2.37. The first-order chi connectivity index (χ1) is 16.5. The Morgan fingerprint density at radius 1 is 1.00 bits per heavy atom. The quantitative estimate of drug-likeness (QED) is 0.545. The number of halogens is 1. The second-order valence-corrected chi connectivity index (χ2v) is 8.83. The van der Waals surface area contributed by atoms with Gasteiger partial charge in [-0.3, -0.25) is 9.59 Å². The van der Waals surface area contributed by atoms with Crippen molar-refractivity contribution < 1.29 is 14.3 Å². The van der Waals surface area contributed by atoms with E-state index in [1.165, 1.54) is 0 Å². The van der Waals surface area contributed by atoms with Crippen molar-refractivity contribution in [3.8, 4) is 5.75 Å². The predicted molar refractivity (Wildman–Crippen MR) is 134 cm³/mol. The molecule has 3 aromatic carbocycles. The van der Waals surface area contributed by atoms with E-state index in [0.717, 1.165) is 29.9 Å². The SMILES string of the molecule is Cc1ccc(Cl)cc1N1CCN(C(=O)c2ccc3c(c2)NC(=O)C(=Cc2ccccc2)O3)CC1. The van der Waals surface area contributed by atoms with Crippen molar-refractivity contribution in [2.24, 2.45) is 0 Å². The number of rotatable bonds is 3. The molecule has 172 valence electrons. The normalized spacial score (nSPS) is 16.6. The van der Waals surface area contributed by atoms with Gasteiger partial charge >= 0.3 is 0 Å². The van der Waals surface area contributed by atoms with Crippen LogP contribution in [0.3, 0.4) is 0 Å². The molecule has 3 aromatic rings. The van der Waals surface area contributed by atoms with Crippen molar-refractivity contribution in [2.45, 2.75) is 6.92 Å². The average Bonchev–Trinajstić information content (AvgIpc) is 2.86. The summed E-state index contributed by atoms with van der Waals surface area (Å²) in [6.07, 6.45) is 1.69.